The molecular weight excluding hydrogens is 314 g/mol. The Labute approximate surface area is 127 Å². The van der Waals surface area contributed by atoms with E-state index in [1.54, 1.807) is 0 Å². The van der Waals surface area contributed by atoms with Gasteiger partial charge < -0.3 is 41.1 Å². The minimum absolute atomic E-state index is 0. The zero-order valence-electron chi connectivity index (χ0n) is 11.9. The molecule has 0 saturated carbocycles. The number of imidazole rings is 1. The Balaban J connectivity index is 0.00000192. The van der Waals surface area contributed by atoms with Crippen molar-refractivity contribution in [3.8, 4) is 0 Å². The van der Waals surface area contributed by atoms with Gasteiger partial charge in [-0.15, -0.1) is 0 Å². The summed E-state index contributed by atoms with van der Waals surface area (Å²) >= 11 is 0. The van der Waals surface area contributed by atoms with E-state index in [0.717, 1.165) is 17.2 Å². The molecule has 0 unspecified atom stereocenters. The van der Waals surface area contributed by atoms with Gasteiger partial charge in [0.05, 0.1) is 18.9 Å². The van der Waals surface area contributed by atoms with Crippen LogP contribution in [0.4, 0.5) is 0 Å². The molecule has 0 aliphatic carbocycles. The van der Waals surface area contributed by atoms with Gasteiger partial charge in [0, 0.05) is 0 Å². The van der Waals surface area contributed by atoms with Gasteiger partial charge in [0.2, 0.25) is 5.72 Å². The number of rotatable bonds is 3. The highest BCUT2D eigenvalue weighted by atomic mass is 16.6. The predicted molar refractivity (Wildman–Crippen MR) is 71.1 cm³/mol. The van der Waals surface area contributed by atoms with Crippen molar-refractivity contribution in [1.29, 1.82) is 0 Å². The van der Waals surface area contributed by atoms with Crippen molar-refractivity contribution in [1.82, 2.24) is 25.7 Å². The molecule has 0 aromatic carbocycles. The number of carboxylic acids is 1. The van der Waals surface area contributed by atoms with Crippen LogP contribution in [0.3, 0.4) is 0 Å². The second-order valence-corrected chi connectivity index (χ2v) is 4.78. The quantitative estimate of drug-likeness (QED) is 0.371. The van der Waals surface area contributed by atoms with E-state index >= 15 is 0 Å². The molecule has 0 spiro atoms. The van der Waals surface area contributed by atoms with E-state index < -0.39 is 42.2 Å². The molecule has 2 aromatic rings. The van der Waals surface area contributed by atoms with Crippen LogP contribution >= 0.6 is 0 Å². The minimum atomic E-state index is -2.57. The lowest BCUT2D eigenvalue weighted by atomic mass is 10.0. The number of nitrogens with zero attached hydrogens (tertiary/aromatic N) is 3. The summed E-state index contributed by atoms with van der Waals surface area (Å²) in [6.07, 6.45) is -3.05. The number of nitrogens with one attached hydrogen (secondary N) is 1. The molecule has 1 saturated heterocycles. The fourth-order valence-electron chi connectivity index (χ4n) is 2.51. The van der Waals surface area contributed by atoms with Crippen molar-refractivity contribution >= 4 is 17.1 Å². The van der Waals surface area contributed by atoms with E-state index in [4.69, 9.17) is 9.84 Å². The van der Waals surface area contributed by atoms with Crippen LogP contribution in [0, 0.1) is 0 Å². The highest BCUT2D eigenvalue weighted by Crippen LogP contribution is 2.36. The Bertz CT molecular complexity index is 788. The van der Waals surface area contributed by atoms with Crippen molar-refractivity contribution in [3.63, 3.8) is 0 Å². The van der Waals surface area contributed by atoms with E-state index in [2.05, 4.69) is 15.0 Å². The molecule has 1 aliphatic heterocycles. The summed E-state index contributed by atoms with van der Waals surface area (Å²) in [5, 5.41) is 40.7. The number of hydrogen-bond donors (Lipinski definition) is 5. The van der Waals surface area contributed by atoms with Crippen molar-refractivity contribution in [2.24, 2.45) is 0 Å². The topological polar surface area (TPSA) is 210 Å². The number of quaternary nitrogens is 1. The monoisotopic (exact) mass is 329 g/mol. The zero-order valence-corrected chi connectivity index (χ0v) is 11.9. The number of ether oxygens (including phenoxy) is 1. The van der Waals surface area contributed by atoms with Crippen LogP contribution < -0.4 is 16.8 Å². The molecule has 1 aliphatic rings. The van der Waals surface area contributed by atoms with Gasteiger partial charge in [-0.3, -0.25) is 9.36 Å². The molecule has 0 amide bonds. The van der Waals surface area contributed by atoms with Crippen LogP contribution in [0.25, 0.3) is 11.2 Å². The van der Waals surface area contributed by atoms with Crippen LogP contribution in [0.2, 0.25) is 0 Å². The first-order valence-electron chi connectivity index (χ1n) is 6.21. The van der Waals surface area contributed by atoms with Crippen molar-refractivity contribution in [3.05, 3.63) is 23.0 Å². The average Bonchev–Trinajstić information content (AvgIpc) is 3.02. The van der Waals surface area contributed by atoms with Crippen molar-refractivity contribution in [2.45, 2.75) is 24.0 Å². The third-order valence-electron chi connectivity index (χ3n) is 3.61. The van der Waals surface area contributed by atoms with Gasteiger partial charge in [0.1, 0.15) is 24.6 Å². The lowest BCUT2D eigenvalue weighted by Gasteiger charge is -2.34. The van der Waals surface area contributed by atoms with E-state index in [1.165, 1.54) is 0 Å². The summed E-state index contributed by atoms with van der Waals surface area (Å²) in [7, 11) is 0. The van der Waals surface area contributed by atoms with Crippen LogP contribution in [0.1, 0.15) is 0 Å². The summed E-state index contributed by atoms with van der Waals surface area (Å²) in [6, 6.07) is 0. The molecule has 4 atom stereocenters. The summed E-state index contributed by atoms with van der Waals surface area (Å²) in [5.41, 5.74) is -3.55. The number of H-pyrrole nitrogens is 1. The Kier molecular flexibility index (Phi) is 4.19. The number of carboxylic acid groups (broad SMARTS) is 1. The number of aliphatic hydroxyl groups is 3. The SMILES string of the molecule is O=C([O-])[C@@]1(n2cnc3c(=O)[nH]cnc32)O[C@H](CO)[C@@H](O)[C@H]1O.[NH4+]. The first-order chi connectivity index (χ1) is 10.4. The van der Waals surface area contributed by atoms with Gasteiger partial charge in [-0.05, 0) is 0 Å². The molecule has 2 aromatic heterocycles. The number of hydrogen-bond acceptors (Lipinski definition) is 9. The number of fused-ring (bicyclic) bond motifs is 1. The summed E-state index contributed by atoms with van der Waals surface area (Å²) in [5.74, 6) is -1.88. The van der Waals surface area contributed by atoms with Gasteiger partial charge in [0.15, 0.2) is 11.2 Å². The normalized spacial score (nSPS) is 30.3. The number of aromatic amines is 1. The second-order valence-electron chi connectivity index (χ2n) is 4.78. The molecule has 3 heterocycles. The third kappa shape index (κ3) is 2.12. The van der Waals surface area contributed by atoms with Crippen LogP contribution in [-0.4, -0.2) is 65.7 Å². The minimum Gasteiger partial charge on any atom is -0.545 e. The Hall–Kier alpha value is -2.38. The first-order valence-corrected chi connectivity index (χ1v) is 6.21. The number of aromatic nitrogens is 4. The molecule has 3 rings (SSSR count). The smallest absolute Gasteiger partial charge is 0.278 e. The maximum atomic E-state index is 11.6. The Morgan fingerprint density at radius 1 is 1.48 bits per heavy atom. The maximum absolute atomic E-state index is 11.6. The van der Waals surface area contributed by atoms with Gasteiger partial charge in [-0.2, -0.15) is 0 Å². The molecule has 23 heavy (non-hydrogen) atoms. The summed E-state index contributed by atoms with van der Waals surface area (Å²) in [4.78, 5) is 33.0. The summed E-state index contributed by atoms with van der Waals surface area (Å²) in [6.45, 7) is -0.728. The largest absolute Gasteiger partial charge is 0.545 e. The lowest BCUT2D eigenvalue weighted by Crippen LogP contribution is -2.57. The molecule has 12 heteroatoms. The van der Waals surface area contributed by atoms with Crippen LogP contribution in [0.15, 0.2) is 17.4 Å². The van der Waals surface area contributed by atoms with Crippen LogP contribution in [-0.2, 0) is 15.3 Å². The van der Waals surface area contributed by atoms with Gasteiger partial charge in [-0.1, -0.05) is 0 Å². The molecule has 0 bridgehead atoms. The fourth-order valence-corrected chi connectivity index (χ4v) is 2.51. The highest BCUT2D eigenvalue weighted by Gasteiger charge is 2.57. The second kappa shape index (κ2) is 5.68. The zero-order chi connectivity index (χ0) is 16.1. The molecule has 8 N–H and O–H groups in total. The molecule has 126 valence electrons. The lowest BCUT2D eigenvalue weighted by molar-refractivity contribution is -0.340. The fraction of sp³-hybridized carbons (Fsp3) is 0.455. The van der Waals surface area contributed by atoms with Gasteiger partial charge in [0.25, 0.3) is 5.56 Å². The molecule has 1 fully saturated rings. The van der Waals surface area contributed by atoms with E-state index in [9.17, 15) is 24.9 Å². The third-order valence-corrected chi connectivity index (χ3v) is 3.61. The van der Waals surface area contributed by atoms with E-state index in [-0.39, 0.29) is 17.3 Å². The molecular formula is C11H15N5O7. The van der Waals surface area contributed by atoms with Gasteiger partial charge in [-0.25, -0.2) is 9.97 Å². The van der Waals surface area contributed by atoms with Crippen molar-refractivity contribution < 1.29 is 30.0 Å². The first kappa shape index (κ1) is 17.0. The molecule has 12 nitrogen and oxygen atoms in total. The number of carbonyl (C=O) groups is 1. The maximum Gasteiger partial charge on any atom is 0.278 e. The molecule has 0 radical (unpaired) electrons. The average molecular weight is 329 g/mol. The predicted octanol–water partition coefficient (Wildman–Crippen LogP) is -3.99. The number of aliphatic hydroxyl groups excluding tert-OH is 3. The number of carbonyl (C=O) groups excluding carboxylic acids is 1. The number of aliphatic carboxylic acids is 1. The Morgan fingerprint density at radius 2 is 2.17 bits per heavy atom. The Morgan fingerprint density at radius 3 is 2.74 bits per heavy atom. The van der Waals surface area contributed by atoms with E-state index in [1.807, 2.05) is 0 Å². The summed E-state index contributed by atoms with van der Waals surface area (Å²) < 4.78 is 5.92. The van der Waals surface area contributed by atoms with Crippen molar-refractivity contribution in [2.75, 3.05) is 6.61 Å². The standard InChI is InChI=1S/C11H12N4O7.H3N/c16-1-4-6(17)7(18)11(22-4,10(20)21)15-3-14-5-8(15)12-2-13-9(5)19;/h2-4,6-7,16-18H,1H2,(H,20,21)(H,12,13,19);1H3/t4-,6-,7-,11+;/m1./s1. The highest BCUT2D eigenvalue weighted by molar-refractivity contribution is 5.78. The van der Waals surface area contributed by atoms with Crippen LogP contribution in [0.5, 0.6) is 0 Å². The van der Waals surface area contributed by atoms with E-state index in [0.29, 0.717) is 0 Å². The van der Waals surface area contributed by atoms with Gasteiger partial charge >= 0.3 is 0 Å².